The quantitative estimate of drug-likeness (QED) is 0.756. The number of carbonyl (C=O) groups excluding carboxylic acids is 1. The van der Waals surface area contributed by atoms with Crippen molar-refractivity contribution in [1.82, 2.24) is 10.3 Å². The van der Waals surface area contributed by atoms with Crippen molar-refractivity contribution < 1.29 is 14.3 Å². The first-order valence-electron chi connectivity index (χ1n) is 10.0. The Bertz CT molecular complexity index is 759. The molecule has 1 aromatic carbocycles. The van der Waals surface area contributed by atoms with Gasteiger partial charge in [0.15, 0.2) is 11.5 Å². The van der Waals surface area contributed by atoms with Gasteiger partial charge in [0.25, 0.3) is 5.91 Å². The van der Waals surface area contributed by atoms with Crippen LogP contribution in [0, 0.1) is 5.92 Å². The van der Waals surface area contributed by atoms with E-state index in [4.69, 9.17) is 9.47 Å². The van der Waals surface area contributed by atoms with E-state index in [0.29, 0.717) is 42.7 Å². The molecular formula is C22H29N3O3. The Hall–Kier alpha value is -2.76. The van der Waals surface area contributed by atoms with Gasteiger partial charge in [-0.15, -0.1) is 0 Å². The van der Waals surface area contributed by atoms with Crippen LogP contribution in [-0.2, 0) is 0 Å². The summed E-state index contributed by atoms with van der Waals surface area (Å²) in [7, 11) is 0. The summed E-state index contributed by atoms with van der Waals surface area (Å²) in [5.41, 5.74) is 1.82. The molecule has 0 aliphatic carbocycles. The molecule has 0 spiro atoms. The lowest BCUT2D eigenvalue weighted by Crippen LogP contribution is -2.38. The maximum atomic E-state index is 12.6. The van der Waals surface area contributed by atoms with E-state index in [9.17, 15) is 4.79 Å². The number of hydrogen-bond donors (Lipinski definition) is 1. The zero-order valence-electron chi connectivity index (χ0n) is 16.7. The van der Waals surface area contributed by atoms with E-state index in [1.165, 1.54) is 5.69 Å². The summed E-state index contributed by atoms with van der Waals surface area (Å²) >= 11 is 0. The van der Waals surface area contributed by atoms with Crippen LogP contribution in [0.2, 0.25) is 0 Å². The lowest BCUT2D eigenvalue weighted by atomic mass is 9.96. The predicted octanol–water partition coefficient (Wildman–Crippen LogP) is 3.53. The number of aromatic nitrogens is 1. The maximum Gasteiger partial charge on any atom is 0.251 e. The smallest absolute Gasteiger partial charge is 0.251 e. The lowest BCUT2D eigenvalue weighted by Gasteiger charge is -2.33. The van der Waals surface area contributed by atoms with E-state index in [-0.39, 0.29) is 5.91 Å². The monoisotopic (exact) mass is 383 g/mol. The Balaban J connectivity index is 1.51. The summed E-state index contributed by atoms with van der Waals surface area (Å²) < 4.78 is 11.2. The summed E-state index contributed by atoms with van der Waals surface area (Å²) in [4.78, 5) is 19.0. The van der Waals surface area contributed by atoms with Gasteiger partial charge in [0.2, 0.25) is 0 Å². The second-order valence-electron chi connectivity index (χ2n) is 6.87. The highest BCUT2D eigenvalue weighted by atomic mass is 16.5. The molecule has 0 radical (unpaired) electrons. The van der Waals surface area contributed by atoms with Gasteiger partial charge in [0, 0.05) is 43.3 Å². The molecule has 0 unspecified atom stereocenters. The van der Waals surface area contributed by atoms with Crippen LogP contribution in [0.15, 0.2) is 42.7 Å². The normalized spacial score (nSPS) is 14.6. The van der Waals surface area contributed by atoms with Gasteiger partial charge in [0.1, 0.15) is 0 Å². The first-order chi connectivity index (χ1) is 13.7. The van der Waals surface area contributed by atoms with Gasteiger partial charge in [-0.2, -0.15) is 0 Å². The van der Waals surface area contributed by atoms with Crippen LogP contribution in [0.3, 0.4) is 0 Å². The van der Waals surface area contributed by atoms with Crippen LogP contribution in [0.5, 0.6) is 11.5 Å². The van der Waals surface area contributed by atoms with Gasteiger partial charge >= 0.3 is 0 Å². The Morgan fingerprint density at radius 2 is 1.75 bits per heavy atom. The van der Waals surface area contributed by atoms with Gasteiger partial charge in [-0.1, -0.05) is 0 Å². The Morgan fingerprint density at radius 1 is 1.07 bits per heavy atom. The molecule has 28 heavy (non-hydrogen) atoms. The van der Waals surface area contributed by atoms with Crippen LogP contribution in [0.1, 0.15) is 37.0 Å². The van der Waals surface area contributed by atoms with Gasteiger partial charge < -0.3 is 19.7 Å². The molecule has 6 nitrogen and oxygen atoms in total. The van der Waals surface area contributed by atoms with Crippen molar-refractivity contribution in [2.45, 2.75) is 26.7 Å². The molecule has 6 heteroatoms. The third-order valence-corrected chi connectivity index (χ3v) is 5.00. The van der Waals surface area contributed by atoms with Crippen molar-refractivity contribution in [2.24, 2.45) is 5.92 Å². The van der Waals surface area contributed by atoms with Crippen molar-refractivity contribution in [3.05, 3.63) is 48.3 Å². The van der Waals surface area contributed by atoms with E-state index in [1.54, 1.807) is 18.2 Å². The van der Waals surface area contributed by atoms with Crippen molar-refractivity contribution >= 4 is 11.6 Å². The van der Waals surface area contributed by atoms with Gasteiger partial charge in [-0.25, -0.2) is 0 Å². The molecule has 0 saturated carbocycles. The molecule has 3 rings (SSSR count). The first-order valence-corrected chi connectivity index (χ1v) is 10.0. The zero-order valence-corrected chi connectivity index (χ0v) is 16.7. The first kappa shape index (κ1) is 20.0. The Kier molecular flexibility index (Phi) is 7.12. The number of nitrogens with zero attached hydrogens (tertiary/aromatic N) is 2. The fourth-order valence-corrected chi connectivity index (χ4v) is 3.48. The fourth-order valence-electron chi connectivity index (χ4n) is 3.48. The van der Waals surface area contributed by atoms with E-state index in [1.807, 2.05) is 38.4 Å². The van der Waals surface area contributed by atoms with Gasteiger partial charge in [0.05, 0.1) is 13.2 Å². The van der Waals surface area contributed by atoms with Crippen LogP contribution in [0.4, 0.5) is 5.69 Å². The number of nitrogens with one attached hydrogen (secondary N) is 1. The highest BCUT2D eigenvalue weighted by Gasteiger charge is 2.20. The second kappa shape index (κ2) is 9.97. The summed E-state index contributed by atoms with van der Waals surface area (Å²) in [5, 5.41) is 3.08. The molecule has 150 valence electrons. The standard InChI is InChI=1S/C22H29N3O3/c1-3-27-20-6-5-18(15-21(20)28-4-2)22(26)24-16-17-9-13-25(14-10-17)19-7-11-23-12-8-19/h5-8,11-12,15,17H,3-4,9-10,13-14,16H2,1-2H3,(H,24,26). The molecule has 1 fully saturated rings. The van der Waals surface area contributed by atoms with Crippen LogP contribution >= 0.6 is 0 Å². The minimum atomic E-state index is -0.0689. The van der Waals surface area contributed by atoms with Crippen molar-refractivity contribution in [3.63, 3.8) is 0 Å². The summed E-state index contributed by atoms with van der Waals surface area (Å²) in [6.07, 6.45) is 5.79. The average molecular weight is 383 g/mol. The number of anilines is 1. The summed E-state index contributed by atoms with van der Waals surface area (Å²) in [6, 6.07) is 9.44. The Labute approximate surface area is 166 Å². The van der Waals surface area contributed by atoms with Crippen LogP contribution in [-0.4, -0.2) is 43.7 Å². The minimum absolute atomic E-state index is 0.0689. The molecular weight excluding hydrogens is 354 g/mol. The maximum absolute atomic E-state index is 12.6. The second-order valence-corrected chi connectivity index (χ2v) is 6.87. The molecule has 1 N–H and O–H groups in total. The molecule has 2 aromatic rings. The number of pyridine rings is 1. The van der Waals surface area contributed by atoms with Gasteiger partial charge in [-0.05, 0) is 62.9 Å². The number of piperidine rings is 1. The average Bonchev–Trinajstić information content (AvgIpc) is 2.74. The number of benzene rings is 1. The number of hydrogen-bond acceptors (Lipinski definition) is 5. The van der Waals surface area contributed by atoms with Crippen molar-refractivity contribution in [2.75, 3.05) is 37.7 Å². The molecule has 1 aliphatic rings. The van der Waals surface area contributed by atoms with Crippen molar-refractivity contribution in [3.8, 4) is 11.5 Å². The third kappa shape index (κ3) is 5.15. The lowest BCUT2D eigenvalue weighted by molar-refractivity contribution is 0.0944. The summed E-state index contributed by atoms with van der Waals surface area (Å²) in [6.45, 7) is 7.63. The number of ether oxygens (including phenoxy) is 2. The molecule has 0 bridgehead atoms. The molecule has 1 aliphatic heterocycles. The topological polar surface area (TPSA) is 63.7 Å². The van der Waals surface area contributed by atoms with Crippen LogP contribution in [0.25, 0.3) is 0 Å². The van der Waals surface area contributed by atoms with E-state index in [2.05, 4.69) is 15.2 Å². The molecule has 1 aromatic heterocycles. The third-order valence-electron chi connectivity index (χ3n) is 5.00. The van der Waals surface area contributed by atoms with Gasteiger partial charge in [-0.3, -0.25) is 9.78 Å². The van der Waals surface area contributed by atoms with E-state index < -0.39 is 0 Å². The van der Waals surface area contributed by atoms with E-state index in [0.717, 1.165) is 25.9 Å². The van der Waals surface area contributed by atoms with Crippen molar-refractivity contribution in [1.29, 1.82) is 0 Å². The number of carbonyl (C=O) groups is 1. The SMILES string of the molecule is CCOc1ccc(C(=O)NCC2CCN(c3ccncc3)CC2)cc1OCC. The minimum Gasteiger partial charge on any atom is -0.490 e. The van der Waals surface area contributed by atoms with Crippen LogP contribution < -0.4 is 19.7 Å². The zero-order chi connectivity index (χ0) is 19.8. The largest absolute Gasteiger partial charge is 0.490 e. The highest BCUT2D eigenvalue weighted by molar-refractivity contribution is 5.94. The predicted molar refractivity (Wildman–Crippen MR) is 110 cm³/mol. The highest BCUT2D eigenvalue weighted by Crippen LogP contribution is 2.28. The number of amides is 1. The summed E-state index contributed by atoms with van der Waals surface area (Å²) in [5.74, 6) is 1.71. The van der Waals surface area contributed by atoms with E-state index >= 15 is 0 Å². The molecule has 0 atom stereocenters. The Morgan fingerprint density at radius 3 is 2.43 bits per heavy atom. The molecule has 1 amide bonds. The number of rotatable bonds is 8. The fraction of sp³-hybridized carbons (Fsp3) is 0.455. The molecule has 1 saturated heterocycles. The molecule has 2 heterocycles.